The van der Waals surface area contributed by atoms with Gasteiger partial charge in [0.1, 0.15) is 42.4 Å². The number of para-hydroxylation sites is 1. The van der Waals surface area contributed by atoms with Gasteiger partial charge in [-0.05, 0) is 97.3 Å². The number of nitrogens with zero attached hydrogens (tertiary/aromatic N) is 3. The molecule has 2 aromatic rings. The highest BCUT2D eigenvalue weighted by atomic mass is 16.7. The van der Waals surface area contributed by atoms with E-state index in [0.717, 1.165) is 22.8 Å². The van der Waals surface area contributed by atoms with Crippen molar-refractivity contribution in [2.45, 2.75) is 185 Å². The number of ether oxygens (including phenoxy) is 8. The Morgan fingerprint density at radius 3 is 2.36 bits per heavy atom. The number of likely N-dealkylation sites (N-methyl/N-ethyl adjacent to an activating group) is 2. The van der Waals surface area contributed by atoms with E-state index in [1.165, 1.54) is 7.11 Å². The van der Waals surface area contributed by atoms with E-state index in [4.69, 9.17) is 37.9 Å². The third-order valence-corrected chi connectivity index (χ3v) is 13.8. The first kappa shape index (κ1) is 57.0. The Balaban J connectivity index is 1.45. The van der Waals surface area contributed by atoms with Gasteiger partial charge in [0, 0.05) is 57.3 Å². The summed E-state index contributed by atoms with van der Waals surface area (Å²) in [7, 11) is 6.83. The van der Waals surface area contributed by atoms with Crippen molar-refractivity contribution in [1.29, 1.82) is 0 Å². The lowest BCUT2D eigenvalue weighted by Gasteiger charge is -2.50. The van der Waals surface area contributed by atoms with E-state index in [0.29, 0.717) is 32.4 Å². The Morgan fingerprint density at radius 1 is 0.971 bits per heavy atom. The van der Waals surface area contributed by atoms with Gasteiger partial charge in [-0.1, -0.05) is 51.1 Å². The van der Waals surface area contributed by atoms with E-state index < -0.39 is 116 Å². The van der Waals surface area contributed by atoms with Crippen LogP contribution >= 0.6 is 0 Å². The van der Waals surface area contributed by atoms with E-state index in [-0.39, 0.29) is 38.0 Å². The number of rotatable bonds is 15. The number of aliphatic hydroxyl groups excluding tert-OH is 2. The zero-order valence-corrected chi connectivity index (χ0v) is 42.7. The van der Waals surface area contributed by atoms with Crippen molar-refractivity contribution < 1.29 is 72.4 Å². The number of esters is 3. The first-order valence-corrected chi connectivity index (χ1v) is 24.9. The molecule has 3 N–H and O–H groups in total. The van der Waals surface area contributed by atoms with E-state index in [1.54, 1.807) is 59.8 Å². The molecule has 0 saturated carbocycles. The number of cyclic esters (lactones) is 1. The maximum Gasteiger partial charge on any atom is 0.309 e. The van der Waals surface area contributed by atoms with Crippen LogP contribution in [0.15, 0.2) is 42.6 Å². The summed E-state index contributed by atoms with van der Waals surface area (Å²) in [5.41, 5.74) is 0.319. The standard InChI is InChI=1S/C52H79N3O15/c1-11-41(58)67-40-28-43(60)66-36(18-15-17-34-22-24-53-38-21-14-13-20-37(34)38)19-16-25-55(9)30-39(57)31(3)27-35(23-26-56)48(49(40)63-10)70-51-46(61)45(54(7)8)47(32(4)65-51)69-44-29-52(6,62)50(33(5)64-44)68-42(59)12-2/h13-15,17,20-22,24,26,31-33,35-36,39-40,44-51,57,61-62H,11-12,16,18-19,23,25,27-30H2,1-10H3/b17-15+/t31-,32?,33?,35+,36-,39+,40-,44+,45?,46?,47-,48+,49+,50+,51+,52?/m1/s1. The molecular weight excluding hydrogens is 907 g/mol. The summed E-state index contributed by atoms with van der Waals surface area (Å²) in [5.74, 6) is -2.81. The molecule has 5 unspecified atom stereocenters. The lowest BCUT2D eigenvalue weighted by Crippen LogP contribution is -2.66. The minimum atomic E-state index is -1.50. The smallest absolute Gasteiger partial charge is 0.309 e. The first-order chi connectivity index (χ1) is 33.3. The number of benzene rings is 1. The van der Waals surface area contributed by atoms with Crippen molar-refractivity contribution in [3.05, 3.63) is 48.2 Å². The number of methoxy groups -OCH3 is 1. The quantitative estimate of drug-likeness (QED) is 0.126. The summed E-state index contributed by atoms with van der Waals surface area (Å²) in [4.78, 5) is 60.4. The number of β-amino-alcohol motifs (C(OH)–C–C–N with tert-alkyl or cyclic N) is 1. The molecule has 16 atom stereocenters. The Morgan fingerprint density at radius 2 is 1.69 bits per heavy atom. The highest BCUT2D eigenvalue weighted by Crippen LogP contribution is 2.38. The van der Waals surface area contributed by atoms with Gasteiger partial charge in [-0.3, -0.25) is 19.4 Å². The Kier molecular flexibility index (Phi) is 21.7. The summed E-state index contributed by atoms with van der Waals surface area (Å²) >= 11 is 0. The molecule has 18 heteroatoms. The maximum absolute atomic E-state index is 14.2. The van der Waals surface area contributed by atoms with E-state index in [2.05, 4.69) is 4.98 Å². The van der Waals surface area contributed by atoms with Crippen LogP contribution < -0.4 is 0 Å². The van der Waals surface area contributed by atoms with Crippen molar-refractivity contribution in [3.63, 3.8) is 0 Å². The Bertz CT molecular complexity index is 2010. The molecule has 0 amide bonds. The fourth-order valence-corrected chi connectivity index (χ4v) is 10.0. The number of hydrogen-bond donors (Lipinski definition) is 3. The second-order valence-electron chi connectivity index (χ2n) is 19.8. The van der Waals surface area contributed by atoms with E-state index >= 15 is 0 Å². The van der Waals surface area contributed by atoms with Crippen LogP contribution in [0.5, 0.6) is 0 Å². The number of carbonyl (C=O) groups excluding carboxylic acids is 4. The van der Waals surface area contributed by atoms with E-state index in [1.807, 2.05) is 61.4 Å². The van der Waals surface area contributed by atoms with Gasteiger partial charge in [0.2, 0.25) is 0 Å². The topological polar surface area (TPSA) is 222 Å². The molecule has 5 rings (SSSR count). The van der Waals surface area contributed by atoms with Crippen LogP contribution in [0.2, 0.25) is 0 Å². The average molecular weight is 986 g/mol. The molecule has 0 spiro atoms. The number of aromatic nitrogens is 1. The number of carbonyl (C=O) groups is 4. The van der Waals surface area contributed by atoms with Gasteiger partial charge in [0.25, 0.3) is 0 Å². The summed E-state index contributed by atoms with van der Waals surface area (Å²) in [6.45, 7) is 11.1. The van der Waals surface area contributed by atoms with Gasteiger partial charge >= 0.3 is 17.9 Å². The first-order valence-electron chi connectivity index (χ1n) is 24.9. The molecule has 3 aliphatic rings. The highest BCUT2D eigenvalue weighted by Gasteiger charge is 2.53. The zero-order valence-electron chi connectivity index (χ0n) is 42.7. The number of aldehydes is 1. The van der Waals surface area contributed by atoms with Crippen LogP contribution in [0, 0.1) is 11.8 Å². The minimum Gasteiger partial charge on any atom is -0.462 e. The van der Waals surface area contributed by atoms with Crippen LogP contribution in [0.25, 0.3) is 17.0 Å². The van der Waals surface area contributed by atoms with Gasteiger partial charge in [-0.2, -0.15) is 0 Å². The zero-order chi connectivity index (χ0) is 51.3. The lowest BCUT2D eigenvalue weighted by molar-refractivity contribution is -0.344. The molecular formula is C52H79N3O15. The van der Waals surface area contributed by atoms with Gasteiger partial charge in [-0.25, -0.2) is 0 Å². The molecule has 4 heterocycles. The van der Waals surface area contributed by atoms with Crippen LogP contribution in [0.4, 0.5) is 0 Å². The SMILES string of the molecule is CCC(=O)O[C@@H]1CC(=O)O[C@H](C/C=C/c2ccnc3ccccc23)CCCN(C)C[C@H](O)[C@H](C)C[C@H](CC=O)[C@H](O[C@@H]2OC(C)[C@@H](O[C@H]3CC(C)(O)[C@@H](OC(=O)CC)C(C)O3)C(N(C)C)C2O)[C@H]1OC. The highest BCUT2D eigenvalue weighted by molar-refractivity contribution is 5.87. The van der Waals surface area contributed by atoms with Crippen molar-refractivity contribution in [2.75, 3.05) is 41.3 Å². The summed E-state index contributed by atoms with van der Waals surface area (Å²) in [5, 5.41) is 36.3. The molecule has 1 aromatic heterocycles. The van der Waals surface area contributed by atoms with Crippen molar-refractivity contribution >= 4 is 41.2 Å². The molecule has 3 saturated heterocycles. The summed E-state index contributed by atoms with van der Waals surface area (Å²) in [6.07, 6.45) is -4.30. The van der Waals surface area contributed by atoms with Gasteiger partial charge in [-0.15, -0.1) is 0 Å². The molecule has 3 fully saturated rings. The van der Waals surface area contributed by atoms with Gasteiger partial charge in [0.05, 0.1) is 42.4 Å². The molecule has 0 aliphatic carbocycles. The number of aliphatic hydroxyl groups is 3. The molecule has 3 aliphatic heterocycles. The predicted molar refractivity (Wildman–Crippen MR) is 259 cm³/mol. The monoisotopic (exact) mass is 986 g/mol. The average Bonchev–Trinajstić information content (AvgIpc) is 3.30. The second kappa shape index (κ2) is 26.7. The second-order valence-corrected chi connectivity index (χ2v) is 19.8. The number of pyridine rings is 1. The largest absolute Gasteiger partial charge is 0.462 e. The fourth-order valence-electron chi connectivity index (χ4n) is 10.0. The summed E-state index contributed by atoms with van der Waals surface area (Å²) in [6, 6.07) is 8.96. The molecule has 0 bridgehead atoms. The van der Waals surface area contributed by atoms with Crippen molar-refractivity contribution in [1.82, 2.24) is 14.8 Å². The minimum absolute atomic E-state index is 0.0174. The van der Waals surface area contributed by atoms with Gasteiger partial charge < -0.3 is 67.8 Å². The molecule has 18 nitrogen and oxygen atoms in total. The van der Waals surface area contributed by atoms with Crippen LogP contribution in [0.3, 0.4) is 0 Å². The van der Waals surface area contributed by atoms with Crippen molar-refractivity contribution in [2.24, 2.45) is 11.8 Å². The fraction of sp³-hybridized carbons (Fsp3) is 0.712. The third-order valence-electron chi connectivity index (χ3n) is 13.8. The maximum atomic E-state index is 14.2. The third kappa shape index (κ3) is 15.3. The molecule has 392 valence electrons. The molecule has 1 aromatic carbocycles. The molecule has 0 radical (unpaired) electrons. The molecule has 70 heavy (non-hydrogen) atoms. The normalized spacial score (nSPS) is 35.6. The Labute approximate surface area is 413 Å². The predicted octanol–water partition coefficient (Wildman–Crippen LogP) is 4.61. The van der Waals surface area contributed by atoms with Crippen LogP contribution in [0.1, 0.15) is 105 Å². The van der Waals surface area contributed by atoms with Crippen LogP contribution in [-0.4, -0.2) is 181 Å². The lowest BCUT2D eigenvalue weighted by atomic mass is 9.82. The van der Waals surface area contributed by atoms with Crippen molar-refractivity contribution in [3.8, 4) is 0 Å². The number of fused-ring (bicyclic) bond motifs is 1. The van der Waals surface area contributed by atoms with Crippen LogP contribution in [-0.2, 0) is 57.1 Å². The van der Waals surface area contributed by atoms with Gasteiger partial charge in [0.15, 0.2) is 18.7 Å². The Hall–Kier alpha value is -3.95. The van der Waals surface area contributed by atoms with E-state index in [9.17, 15) is 34.5 Å². The number of hydrogen-bond acceptors (Lipinski definition) is 18. The summed E-state index contributed by atoms with van der Waals surface area (Å²) < 4.78 is 49.9.